The SMILES string of the molecule is CN1CCN(CCOC(=O)C2(c3ccccc3)CCCCC2)CC1. The van der Waals surface area contributed by atoms with E-state index in [2.05, 4.69) is 29.0 Å². The lowest BCUT2D eigenvalue weighted by Gasteiger charge is -2.36. The second-order valence-corrected chi connectivity index (χ2v) is 7.29. The number of benzene rings is 1. The van der Waals surface area contributed by atoms with Gasteiger partial charge < -0.3 is 9.64 Å². The molecule has 0 radical (unpaired) electrons. The average molecular weight is 330 g/mol. The topological polar surface area (TPSA) is 32.8 Å². The molecule has 132 valence electrons. The molecule has 0 amide bonds. The van der Waals surface area contributed by atoms with Gasteiger partial charge in [-0.3, -0.25) is 9.69 Å². The lowest BCUT2D eigenvalue weighted by Crippen LogP contribution is -2.46. The van der Waals surface area contributed by atoms with Crippen LogP contribution in [0.3, 0.4) is 0 Å². The molecule has 24 heavy (non-hydrogen) atoms. The van der Waals surface area contributed by atoms with Crippen molar-refractivity contribution in [1.29, 1.82) is 0 Å². The number of hydrogen-bond acceptors (Lipinski definition) is 4. The summed E-state index contributed by atoms with van der Waals surface area (Å²) in [4.78, 5) is 17.7. The predicted molar refractivity (Wildman–Crippen MR) is 96.1 cm³/mol. The van der Waals surface area contributed by atoms with Gasteiger partial charge in [0.2, 0.25) is 0 Å². The molecule has 0 unspecified atom stereocenters. The predicted octanol–water partition coefficient (Wildman–Crippen LogP) is 2.68. The Bertz CT molecular complexity index is 518. The Hall–Kier alpha value is -1.39. The molecule has 0 atom stereocenters. The van der Waals surface area contributed by atoms with E-state index in [0.29, 0.717) is 6.61 Å². The van der Waals surface area contributed by atoms with Gasteiger partial charge in [0.25, 0.3) is 0 Å². The van der Waals surface area contributed by atoms with E-state index in [4.69, 9.17) is 4.74 Å². The van der Waals surface area contributed by atoms with Gasteiger partial charge >= 0.3 is 5.97 Å². The Morgan fingerprint density at radius 3 is 2.38 bits per heavy atom. The van der Waals surface area contributed by atoms with Gasteiger partial charge in [0.1, 0.15) is 6.61 Å². The first-order valence-electron chi connectivity index (χ1n) is 9.34. The van der Waals surface area contributed by atoms with E-state index in [9.17, 15) is 4.79 Å². The summed E-state index contributed by atoms with van der Waals surface area (Å²) >= 11 is 0. The minimum absolute atomic E-state index is 0.0115. The number of hydrogen-bond donors (Lipinski definition) is 0. The smallest absolute Gasteiger partial charge is 0.316 e. The van der Waals surface area contributed by atoms with Gasteiger partial charge in [-0.25, -0.2) is 0 Å². The summed E-state index contributed by atoms with van der Waals surface area (Å²) in [5.74, 6) is -0.0115. The number of carbonyl (C=O) groups excluding carboxylic acids is 1. The fraction of sp³-hybridized carbons (Fsp3) is 0.650. The normalized spacial score (nSPS) is 22.2. The molecule has 2 fully saturated rings. The fourth-order valence-electron chi connectivity index (χ4n) is 4.00. The van der Waals surface area contributed by atoms with Crippen LogP contribution >= 0.6 is 0 Å². The van der Waals surface area contributed by atoms with Crippen molar-refractivity contribution in [3.8, 4) is 0 Å². The molecule has 0 spiro atoms. The molecule has 1 aromatic carbocycles. The van der Waals surface area contributed by atoms with Crippen LogP contribution < -0.4 is 0 Å². The highest BCUT2D eigenvalue weighted by Crippen LogP contribution is 2.40. The maximum Gasteiger partial charge on any atom is 0.316 e. The first-order chi connectivity index (χ1) is 11.7. The number of piperazine rings is 1. The Kier molecular flexibility index (Phi) is 5.90. The highest BCUT2D eigenvalue weighted by atomic mass is 16.5. The van der Waals surface area contributed by atoms with E-state index >= 15 is 0 Å². The third-order valence-electron chi connectivity index (χ3n) is 5.66. The van der Waals surface area contributed by atoms with Gasteiger partial charge in [0.15, 0.2) is 0 Å². The van der Waals surface area contributed by atoms with Crippen LogP contribution in [0.5, 0.6) is 0 Å². The summed E-state index contributed by atoms with van der Waals surface area (Å²) in [6.07, 6.45) is 5.29. The van der Waals surface area contributed by atoms with Crippen molar-refractivity contribution in [3.05, 3.63) is 35.9 Å². The maximum atomic E-state index is 13.0. The largest absolute Gasteiger partial charge is 0.464 e. The lowest BCUT2D eigenvalue weighted by molar-refractivity contribution is -0.152. The van der Waals surface area contributed by atoms with E-state index in [1.165, 1.54) is 6.42 Å². The zero-order valence-electron chi connectivity index (χ0n) is 14.9. The molecule has 1 heterocycles. The van der Waals surface area contributed by atoms with Crippen molar-refractivity contribution in [2.45, 2.75) is 37.5 Å². The van der Waals surface area contributed by atoms with E-state index < -0.39 is 5.41 Å². The van der Waals surface area contributed by atoms with Crippen molar-refractivity contribution in [3.63, 3.8) is 0 Å². The zero-order chi connectivity index (χ0) is 16.8. The van der Waals surface area contributed by atoms with Crippen LogP contribution in [-0.2, 0) is 14.9 Å². The van der Waals surface area contributed by atoms with Gasteiger partial charge in [0.05, 0.1) is 5.41 Å². The van der Waals surface area contributed by atoms with E-state index in [1.807, 2.05) is 18.2 Å². The van der Waals surface area contributed by atoms with E-state index in [1.54, 1.807) is 0 Å². The van der Waals surface area contributed by atoms with Gasteiger partial charge in [-0.2, -0.15) is 0 Å². The van der Waals surface area contributed by atoms with Gasteiger partial charge in [-0.1, -0.05) is 49.6 Å². The minimum Gasteiger partial charge on any atom is -0.464 e. The minimum atomic E-state index is -0.415. The molecule has 4 nitrogen and oxygen atoms in total. The molecule has 3 rings (SSSR count). The highest BCUT2D eigenvalue weighted by Gasteiger charge is 2.42. The van der Waals surface area contributed by atoms with Crippen LogP contribution in [0.15, 0.2) is 30.3 Å². The lowest BCUT2D eigenvalue weighted by atomic mass is 9.69. The molecule has 1 aromatic rings. The van der Waals surface area contributed by atoms with Gasteiger partial charge in [-0.05, 0) is 25.5 Å². The van der Waals surface area contributed by atoms with Crippen LogP contribution in [0, 0.1) is 0 Å². The highest BCUT2D eigenvalue weighted by molar-refractivity contribution is 5.83. The van der Waals surface area contributed by atoms with Crippen LogP contribution in [0.1, 0.15) is 37.7 Å². The maximum absolute atomic E-state index is 13.0. The van der Waals surface area contributed by atoms with Crippen LogP contribution in [0.4, 0.5) is 0 Å². The number of rotatable bonds is 5. The molecule has 1 saturated heterocycles. The number of nitrogens with zero attached hydrogens (tertiary/aromatic N) is 2. The van der Waals surface area contributed by atoms with Crippen molar-refractivity contribution < 1.29 is 9.53 Å². The van der Waals surface area contributed by atoms with Gasteiger partial charge in [-0.15, -0.1) is 0 Å². The Morgan fingerprint density at radius 2 is 1.71 bits per heavy atom. The molecule has 0 bridgehead atoms. The van der Waals surface area contributed by atoms with Crippen molar-refractivity contribution in [1.82, 2.24) is 9.80 Å². The first-order valence-corrected chi connectivity index (χ1v) is 9.34. The number of likely N-dealkylation sites (N-methyl/N-ethyl adjacent to an activating group) is 1. The summed E-state index contributed by atoms with van der Waals surface area (Å²) in [6, 6.07) is 10.3. The second kappa shape index (κ2) is 8.13. The first kappa shape index (κ1) is 17.4. The summed E-state index contributed by atoms with van der Waals surface area (Å²) < 4.78 is 5.77. The standard InChI is InChI=1S/C20H30N2O2/c1-21-12-14-22(15-13-21)16-17-24-19(23)20(10-6-3-7-11-20)18-8-4-2-5-9-18/h2,4-5,8-9H,3,6-7,10-17H2,1H3. The molecule has 1 aliphatic carbocycles. The van der Waals surface area contributed by atoms with Crippen LogP contribution in [0.2, 0.25) is 0 Å². The molecule has 4 heteroatoms. The fourth-order valence-corrected chi connectivity index (χ4v) is 4.00. The Labute approximate surface area is 145 Å². The van der Waals surface area contributed by atoms with Gasteiger partial charge in [0, 0.05) is 32.7 Å². The zero-order valence-corrected chi connectivity index (χ0v) is 14.9. The molecular formula is C20H30N2O2. The molecule has 1 saturated carbocycles. The van der Waals surface area contributed by atoms with Crippen molar-refractivity contribution in [2.75, 3.05) is 46.4 Å². The number of ether oxygens (including phenoxy) is 1. The Morgan fingerprint density at radius 1 is 1.04 bits per heavy atom. The molecule has 1 aliphatic heterocycles. The van der Waals surface area contributed by atoms with E-state index in [0.717, 1.165) is 64.0 Å². The Balaban J connectivity index is 1.58. The summed E-state index contributed by atoms with van der Waals surface area (Å²) in [5, 5.41) is 0. The summed E-state index contributed by atoms with van der Waals surface area (Å²) in [7, 11) is 2.16. The number of carbonyl (C=O) groups is 1. The quantitative estimate of drug-likeness (QED) is 0.777. The monoisotopic (exact) mass is 330 g/mol. The van der Waals surface area contributed by atoms with Crippen molar-refractivity contribution >= 4 is 5.97 Å². The molecule has 2 aliphatic rings. The molecule has 0 aromatic heterocycles. The van der Waals surface area contributed by atoms with Crippen LogP contribution in [0.25, 0.3) is 0 Å². The molecular weight excluding hydrogens is 300 g/mol. The summed E-state index contributed by atoms with van der Waals surface area (Å²) in [5.41, 5.74) is 0.719. The average Bonchev–Trinajstić information content (AvgIpc) is 2.64. The second-order valence-electron chi connectivity index (χ2n) is 7.29. The van der Waals surface area contributed by atoms with Crippen LogP contribution in [-0.4, -0.2) is 62.1 Å². The number of esters is 1. The van der Waals surface area contributed by atoms with Crippen molar-refractivity contribution in [2.24, 2.45) is 0 Å². The van der Waals surface area contributed by atoms with E-state index in [-0.39, 0.29) is 5.97 Å². The summed E-state index contributed by atoms with van der Waals surface area (Å²) in [6.45, 7) is 5.70. The third-order valence-corrected chi connectivity index (χ3v) is 5.66. The molecule has 0 N–H and O–H groups in total. The third kappa shape index (κ3) is 3.98.